The molecule has 21 heavy (non-hydrogen) atoms. The van der Waals surface area contributed by atoms with Crippen LogP contribution in [0.4, 0.5) is 11.4 Å². The Morgan fingerprint density at radius 2 is 1.86 bits per heavy atom. The maximum atomic E-state index is 12.2. The number of nitrogens with two attached hydrogens (primary N) is 1. The Hall–Kier alpha value is -1.73. The number of nitrogens with one attached hydrogen (secondary N) is 1. The van der Waals surface area contributed by atoms with E-state index >= 15 is 0 Å². The molecule has 0 aromatic heterocycles. The summed E-state index contributed by atoms with van der Waals surface area (Å²) in [5.41, 5.74) is 7.14. The molecule has 0 heterocycles. The maximum Gasteiger partial charge on any atom is 0.255 e. The molecule has 0 fully saturated rings. The highest BCUT2D eigenvalue weighted by Gasteiger charge is 2.13. The maximum absolute atomic E-state index is 12.2. The molecule has 5 nitrogen and oxygen atoms in total. The summed E-state index contributed by atoms with van der Waals surface area (Å²) in [7, 11) is 1.44. The first-order chi connectivity index (χ1) is 9.92. The van der Waals surface area contributed by atoms with Gasteiger partial charge >= 0.3 is 0 Å². The zero-order chi connectivity index (χ0) is 15.6. The van der Waals surface area contributed by atoms with Gasteiger partial charge in [0, 0.05) is 20.2 Å². The van der Waals surface area contributed by atoms with Gasteiger partial charge in [-0.25, -0.2) is 0 Å². The molecule has 0 aliphatic carbocycles. The number of anilines is 2. The molecule has 0 unspecified atom stereocenters. The van der Waals surface area contributed by atoms with E-state index < -0.39 is 0 Å². The smallest absolute Gasteiger partial charge is 0.255 e. The molecule has 2 aromatic carbocycles. The first-order valence-corrected chi connectivity index (χ1v) is 7.44. The van der Waals surface area contributed by atoms with Gasteiger partial charge in [0.15, 0.2) is 11.5 Å². The third-order valence-electron chi connectivity index (χ3n) is 2.74. The predicted octanol–water partition coefficient (Wildman–Crippen LogP) is 3.76. The van der Waals surface area contributed by atoms with Crippen LogP contribution in [0.25, 0.3) is 0 Å². The topological polar surface area (TPSA) is 84.6 Å². The van der Waals surface area contributed by atoms with Crippen molar-refractivity contribution in [2.45, 2.75) is 0 Å². The largest absolute Gasteiger partial charge is 0.504 e. The number of ether oxygens (including phenoxy) is 1. The van der Waals surface area contributed by atoms with Gasteiger partial charge in [0.05, 0.1) is 12.8 Å². The van der Waals surface area contributed by atoms with Gasteiger partial charge in [0.25, 0.3) is 5.91 Å². The highest BCUT2D eigenvalue weighted by molar-refractivity contribution is 9.11. The first-order valence-electron chi connectivity index (χ1n) is 5.85. The molecule has 1 amide bonds. The van der Waals surface area contributed by atoms with Crippen molar-refractivity contribution in [1.29, 1.82) is 0 Å². The van der Waals surface area contributed by atoms with E-state index in [0.29, 0.717) is 31.6 Å². The summed E-state index contributed by atoms with van der Waals surface area (Å²) in [6, 6.07) is 7.80. The van der Waals surface area contributed by atoms with Crippen molar-refractivity contribution in [1.82, 2.24) is 0 Å². The summed E-state index contributed by atoms with van der Waals surface area (Å²) in [5, 5.41) is 12.5. The molecule has 2 aromatic rings. The van der Waals surface area contributed by atoms with Crippen molar-refractivity contribution < 1.29 is 14.6 Å². The van der Waals surface area contributed by atoms with Crippen molar-refractivity contribution in [3.05, 3.63) is 44.8 Å². The van der Waals surface area contributed by atoms with Crippen molar-refractivity contribution >= 4 is 49.1 Å². The van der Waals surface area contributed by atoms with Crippen LogP contribution in [0, 0.1) is 0 Å². The second-order valence-corrected chi connectivity index (χ2v) is 5.91. The minimum atomic E-state index is -0.362. The fourth-order valence-electron chi connectivity index (χ4n) is 1.73. The molecule has 0 saturated heterocycles. The Bertz CT molecular complexity index is 682. The molecule has 2 rings (SSSR count). The van der Waals surface area contributed by atoms with Crippen LogP contribution in [0.2, 0.25) is 0 Å². The lowest BCUT2D eigenvalue weighted by Gasteiger charge is -2.11. The van der Waals surface area contributed by atoms with Crippen LogP contribution >= 0.6 is 31.9 Å². The predicted molar refractivity (Wildman–Crippen MR) is 88.9 cm³/mol. The monoisotopic (exact) mass is 414 g/mol. The number of halogens is 2. The second kappa shape index (κ2) is 6.36. The SMILES string of the molecule is COc1ccc(C(=O)Nc2c(Br)cc(N)cc2Br)cc1O. The van der Waals surface area contributed by atoms with Crippen molar-refractivity contribution in [3.8, 4) is 11.5 Å². The van der Waals surface area contributed by atoms with E-state index in [0.717, 1.165) is 0 Å². The van der Waals surface area contributed by atoms with Crippen LogP contribution in [0.5, 0.6) is 11.5 Å². The number of hydrogen-bond donors (Lipinski definition) is 3. The van der Waals surface area contributed by atoms with Gasteiger partial charge in [-0.05, 0) is 62.2 Å². The van der Waals surface area contributed by atoms with Gasteiger partial charge in [-0.3, -0.25) is 4.79 Å². The summed E-state index contributed by atoms with van der Waals surface area (Å²) in [4.78, 5) is 12.2. The van der Waals surface area contributed by atoms with E-state index in [1.807, 2.05) is 0 Å². The zero-order valence-electron chi connectivity index (χ0n) is 11.0. The second-order valence-electron chi connectivity index (χ2n) is 4.20. The summed E-state index contributed by atoms with van der Waals surface area (Å²) >= 11 is 6.68. The summed E-state index contributed by atoms with van der Waals surface area (Å²) in [5.74, 6) is -0.152. The average Bonchev–Trinajstić information content (AvgIpc) is 2.42. The minimum absolute atomic E-state index is 0.0967. The Labute approximate surface area is 138 Å². The van der Waals surface area contributed by atoms with Crippen LogP contribution in [-0.4, -0.2) is 18.1 Å². The lowest BCUT2D eigenvalue weighted by molar-refractivity contribution is 0.102. The van der Waals surface area contributed by atoms with Gasteiger partial charge in [-0.2, -0.15) is 0 Å². The molecular weight excluding hydrogens is 404 g/mol. The molecule has 0 aliphatic heterocycles. The first kappa shape index (κ1) is 15.7. The van der Waals surface area contributed by atoms with Gasteiger partial charge in [0.2, 0.25) is 0 Å². The number of hydrogen-bond acceptors (Lipinski definition) is 4. The normalized spacial score (nSPS) is 10.2. The number of carbonyl (C=O) groups excluding carboxylic acids is 1. The van der Waals surface area contributed by atoms with Gasteiger partial charge in [0.1, 0.15) is 0 Å². The van der Waals surface area contributed by atoms with Crippen molar-refractivity contribution in [3.63, 3.8) is 0 Å². The molecule has 0 radical (unpaired) electrons. The number of benzene rings is 2. The highest BCUT2D eigenvalue weighted by Crippen LogP contribution is 2.34. The molecule has 0 bridgehead atoms. The summed E-state index contributed by atoms with van der Waals surface area (Å²) in [6.45, 7) is 0. The quantitative estimate of drug-likeness (QED) is 0.666. The molecule has 0 aliphatic rings. The van der Waals surface area contributed by atoms with E-state index in [1.165, 1.54) is 19.2 Å². The number of carbonyl (C=O) groups is 1. The number of nitrogen functional groups attached to an aromatic ring is 1. The Morgan fingerprint density at radius 1 is 1.24 bits per heavy atom. The van der Waals surface area contributed by atoms with Crippen LogP contribution < -0.4 is 15.8 Å². The lowest BCUT2D eigenvalue weighted by Crippen LogP contribution is -2.13. The molecule has 4 N–H and O–H groups in total. The fraction of sp³-hybridized carbons (Fsp3) is 0.0714. The molecule has 0 atom stereocenters. The number of rotatable bonds is 3. The number of phenolic OH excluding ortho intramolecular Hbond substituents is 1. The standard InChI is InChI=1S/C14H12Br2N2O3/c1-21-12-3-2-7(4-11(12)19)14(20)18-13-9(15)5-8(17)6-10(13)16/h2-6,19H,17H2,1H3,(H,18,20). The van der Waals surface area contributed by atoms with E-state index in [1.54, 1.807) is 18.2 Å². The molecule has 110 valence electrons. The number of phenols is 1. The Morgan fingerprint density at radius 3 is 2.38 bits per heavy atom. The molecule has 0 spiro atoms. The minimum Gasteiger partial charge on any atom is -0.504 e. The number of methoxy groups -OCH3 is 1. The van der Waals surface area contributed by atoms with E-state index in [4.69, 9.17) is 10.5 Å². The molecule has 7 heteroatoms. The van der Waals surface area contributed by atoms with E-state index in [2.05, 4.69) is 37.2 Å². The number of aromatic hydroxyl groups is 1. The lowest BCUT2D eigenvalue weighted by atomic mass is 10.2. The zero-order valence-corrected chi connectivity index (χ0v) is 14.2. The van der Waals surface area contributed by atoms with Crippen LogP contribution in [0.1, 0.15) is 10.4 Å². The Balaban J connectivity index is 2.28. The average molecular weight is 416 g/mol. The van der Waals surface area contributed by atoms with Gasteiger partial charge in [-0.1, -0.05) is 0 Å². The summed E-state index contributed by atoms with van der Waals surface area (Å²) in [6.07, 6.45) is 0. The van der Waals surface area contributed by atoms with E-state index in [9.17, 15) is 9.90 Å². The third kappa shape index (κ3) is 3.48. The fourth-order valence-corrected chi connectivity index (χ4v) is 3.15. The summed E-state index contributed by atoms with van der Waals surface area (Å²) < 4.78 is 6.25. The van der Waals surface area contributed by atoms with E-state index in [-0.39, 0.29) is 11.7 Å². The van der Waals surface area contributed by atoms with Crippen molar-refractivity contribution in [2.24, 2.45) is 0 Å². The van der Waals surface area contributed by atoms with Crippen LogP contribution in [-0.2, 0) is 0 Å². The van der Waals surface area contributed by atoms with Gasteiger partial charge < -0.3 is 20.9 Å². The number of amides is 1. The Kier molecular flexibility index (Phi) is 4.74. The molecular formula is C14H12Br2N2O3. The molecule has 0 saturated carbocycles. The van der Waals surface area contributed by atoms with Crippen molar-refractivity contribution in [2.75, 3.05) is 18.2 Å². The third-order valence-corrected chi connectivity index (χ3v) is 3.99. The van der Waals surface area contributed by atoms with Gasteiger partial charge in [-0.15, -0.1) is 0 Å². The van der Waals surface area contributed by atoms with Crippen LogP contribution in [0.3, 0.4) is 0 Å². The highest BCUT2D eigenvalue weighted by atomic mass is 79.9. The van der Waals surface area contributed by atoms with Crippen LogP contribution in [0.15, 0.2) is 39.3 Å².